The van der Waals surface area contributed by atoms with Crippen molar-refractivity contribution in [2.45, 2.75) is 31.7 Å². The Hall–Kier alpha value is -1.67. The fraction of sp³-hybridized carbons (Fsp3) is 0.333. The molecule has 20 heavy (non-hydrogen) atoms. The molecular formula is C18H20FN. The zero-order valence-electron chi connectivity index (χ0n) is 12.0. The monoisotopic (exact) mass is 269 g/mol. The van der Waals surface area contributed by atoms with Gasteiger partial charge in [0.25, 0.3) is 0 Å². The van der Waals surface area contributed by atoms with Crippen LogP contribution in [-0.2, 0) is 6.42 Å². The topological polar surface area (TPSA) is 12.0 Å². The van der Waals surface area contributed by atoms with Gasteiger partial charge in [-0.1, -0.05) is 36.4 Å². The molecule has 1 aliphatic rings. The molecule has 2 heteroatoms. The Morgan fingerprint density at radius 2 is 2.00 bits per heavy atom. The Morgan fingerprint density at radius 3 is 2.75 bits per heavy atom. The molecule has 3 rings (SSSR count). The first-order chi connectivity index (χ1) is 9.70. The van der Waals surface area contributed by atoms with Crippen LogP contribution in [0.2, 0.25) is 0 Å². The first kappa shape index (κ1) is 13.3. The van der Waals surface area contributed by atoms with Gasteiger partial charge in [0.15, 0.2) is 0 Å². The second-order valence-electron chi connectivity index (χ2n) is 5.62. The van der Waals surface area contributed by atoms with Crippen LogP contribution in [0.15, 0.2) is 42.5 Å². The average molecular weight is 269 g/mol. The Kier molecular flexibility index (Phi) is 3.58. The molecule has 104 valence electrons. The van der Waals surface area contributed by atoms with E-state index in [1.165, 1.54) is 16.7 Å². The molecule has 0 saturated carbocycles. The molecule has 1 nitrogen and oxygen atoms in total. The fourth-order valence-corrected chi connectivity index (χ4v) is 3.40. The van der Waals surface area contributed by atoms with Gasteiger partial charge in [0.1, 0.15) is 5.82 Å². The van der Waals surface area contributed by atoms with Gasteiger partial charge in [-0.05, 0) is 55.1 Å². The third-order valence-corrected chi connectivity index (χ3v) is 4.43. The number of hydrogen-bond acceptors (Lipinski definition) is 1. The highest BCUT2D eigenvalue weighted by atomic mass is 19.1. The lowest BCUT2D eigenvalue weighted by Gasteiger charge is -2.25. The minimum atomic E-state index is -0.129. The van der Waals surface area contributed by atoms with Gasteiger partial charge >= 0.3 is 0 Å². The molecule has 2 aromatic carbocycles. The summed E-state index contributed by atoms with van der Waals surface area (Å²) in [6, 6.07) is 14.4. The lowest BCUT2D eigenvalue weighted by atomic mass is 9.88. The minimum absolute atomic E-state index is 0.129. The van der Waals surface area contributed by atoms with E-state index >= 15 is 0 Å². The van der Waals surface area contributed by atoms with Gasteiger partial charge in [0.05, 0.1) is 0 Å². The minimum Gasteiger partial charge on any atom is -0.312 e. The Balaban J connectivity index is 1.97. The van der Waals surface area contributed by atoms with Crippen molar-refractivity contribution in [1.29, 1.82) is 0 Å². The smallest absolute Gasteiger partial charge is 0.126 e. The van der Waals surface area contributed by atoms with Crippen LogP contribution in [0.5, 0.6) is 0 Å². The van der Waals surface area contributed by atoms with Crippen LogP contribution in [0.1, 0.15) is 40.6 Å². The molecular weight excluding hydrogens is 249 g/mol. The number of aryl methyl sites for hydroxylation is 2. The standard InChI is InChI=1S/C18H20FN/c1-12-11-14(8-10-17(12)19)18(20-2)16-9-7-13-5-3-4-6-15(13)16/h3-6,8,10-11,16,18,20H,7,9H2,1-2H3. The predicted octanol–water partition coefficient (Wildman–Crippen LogP) is 4.12. The van der Waals surface area contributed by atoms with E-state index in [1.807, 2.05) is 26.1 Å². The van der Waals surface area contributed by atoms with Crippen molar-refractivity contribution in [3.63, 3.8) is 0 Å². The van der Waals surface area contributed by atoms with Gasteiger partial charge in [-0.3, -0.25) is 0 Å². The fourth-order valence-electron chi connectivity index (χ4n) is 3.40. The van der Waals surface area contributed by atoms with Crippen molar-refractivity contribution in [2.24, 2.45) is 0 Å². The highest BCUT2D eigenvalue weighted by molar-refractivity contribution is 5.39. The quantitative estimate of drug-likeness (QED) is 0.883. The van der Waals surface area contributed by atoms with Gasteiger partial charge in [-0.25, -0.2) is 4.39 Å². The van der Waals surface area contributed by atoms with E-state index in [-0.39, 0.29) is 11.9 Å². The molecule has 1 N–H and O–H groups in total. The molecule has 0 amide bonds. The zero-order valence-corrected chi connectivity index (χ0v) is 12.0. The van der Waals surface area contributed by atoms with E-state index in [9.17, 15) is 4.39 Å². The van der Waals surface area contributed by atoms with Crippen molar-refractivity contribution < 1.29 is 4.39 Å². The van der Waals surface area contributed by atoms with Gasteiger partial charge in [0, 0.05) is 12.0 Å². The van der Waals surface area contributed by atoms with Gasteiger partial charge in [0.2, 0.25) is 0 Å². The van der Waals surface area contributed by atoms with Crippen LogP contribution in [0.25, 0.3) is 0 Å². The Bertz CT molecular complexity index is 621. The highest BCUT2D eigenvalue weighted by Gasteiger charge is 2.29. The second kappa shape index (κ2) is 5.37. The van der Waals surface area contributed by atoms with Crippen LogP contribution in [0.3, 0.4) is 0 Å². The zero-order chi connectivity index (χ0) is 14.1. The number of benzene rings is 2. The average Bonchev–Trinajstić information content (AvgIpc) is 2.88. The maximum absolute atomic E-state index is 13.5. The summed E-state index contributed by atoms with van der Waals surface area (Å²) in [5.41, 5.74) is 4.78. The first-order valence-corrected chi connectivity index (χ1v) is 7.22. The van der Waals surface area contributed by atoms with E-state index in [1.54, 1.807) is 6.07 Å². The molecule has 2 aromatic rings. The van der Waals surface area contributed by atoms with Gasteiger partial charge in [-0.2, -0.15) is 0 Å². The maximum atomic E-state index is 13.5. The Morgan fingerprint density at radius 1 is 1.20 bits per heavy atom. The number of nitrogens with one attached hydrogen (secondary N) is 1. The van der Waals surface area contributed by atoms with Gasteiger partial charge < -0.3 is 5.32 Å². The SMILES string of the molecule is CNC(c1ccc(F)c(C)c1)C1CCc2ccccc21. The molecule has 2 unspecified atom stereocenters. The van der Waals surface area contributed by atoms with Crippen molar-refractivity contribution >= 4 is 0 Å². The third kappa shape index (κ3) is 2.25. The van der Waals surface area contributed by atoms with Crippen molar-refractivity contribution in [2.75, 3.05) is 7.05 Å². The normalized spacial score (nSPS) is 18.9. The number of rotatable bonds is 3. The molecule has 0 radical (unpaired) electrons. The van der Waals surface area contributed by atoms with E-state index < -0.39 is 0 Å². The van der Waals surface area contributed by atoms with E-state index in [2.05, 4.69) is 29.6 Å². The summed E-state index contributed by atoms with van der Waals surface area (Å²) in [4.78, 5) is 0. The molecule has 0 fully saturated rings. The van der Waals surface area contributed by atoms with Crippen LogP contribution < -0.4 is 5.32 Å². The van der Waals surface area contributed by atoms with Crippen molar-refractivity contribution in [3.05, 3.63) is 70.5 Å². The van der Waals surface area contributed by atoms with E-state index in [0.29, 0.717) is 11.5 Å². The molecule has 1 aliphatic carbocycles. The Labute approximate surface area is 119 Å². The number of hydrogen-bond donors (Lipinski definition) is 1. The second-order valence-corrected chi connectivity index (χ2v) is 5.62. The predicted molar refractivity (Wildman–Crippen MR) is 80.4 cm³/mol. The summed E-state index contributed by atoms with van der Waals surface area (Å²) >= 11 is 0. The van der Waals surface area contributed by atoms with Crippen LogP contribution >= 0.6 is 0 Å². The lowest BCUT2D eigenvalue weighted by Crippen LogP contribution is -2.22. The summed E-state index contributed by atoms with van der Waals surface area (Å²) in [5.74, 6) is 0.344. The van der Waals surface area contributed by atoms with Crippen LogP contribution in [0.4, 0.5) is 4.39 Å². The maximum Gasteiger partial charge on any atom is 0.126 e. The summed E-state index contributed by atoms with van der Waals surface area (Å²) < 4.78 is 13.5. The highest BCUT2D eigenvalue weighted by Crippen LogP contribution is 2.41. The molecule has 0 heterocycles. The number of likely N-dealkylation sites (N-methyl/N-ethyl adjacent to an activating group) is 1. The molecule has 0 spiro atoms. The molecule has 0 aliphatic heterocycles. The van der Waals surface area contributed by atoms with E-state index in [4.69, 9.17) is 0 Å². The van der Waals surface area contributed by atoms with Crippen LogP contribution in [-0.4, -0.2) is 7.05 Å². The molecule has 0 bridgehead atoms. The molecule has 2 atom stereocenters. The first-order valence-electron chi connectivity index (χ1n) is 7.22. The summed E-state index contributed by atoms with van der Waals surface area (Å²) in [5, 5.41) is 3.43. The summed E-state index contributed by atoms with van der Waals surface area (Å²) in [7, 11) is 1.99. The molecule has 0 saturated heterocycles. The van der Waals surface area contributed by atoms with E-state index in [0.717, 1.165) is 12.8 Å². The third-order valence-electron chi connectivity index (χ3n) is 4.43. The largest absolute Gasteiger partial charge is 0.312 e. The number of fused-ring (bicyclic) bond motifs is 1. The van der Waals surface area contributed by atoms with Gasteiger partial charge in [-0.15, -0.1) is 0 Å². The van der Waals surface area contributed by atoms with Crippen LogP contribution in [0, 0.1) is 12.7 Å². The van der Waals surface area contributed by atoms with Crippen molar-refractivity contribution in [1.82, 2.24) is 5.32 Å². The molecule has 0 aromatic heterocycles. The number of halogens is 1. The lowest BCUT2D eigenvalue weighted by molar-refractivity contribution is 0.475. The van der Waals surface area contributed by atoms with Crippen molar-refractivity contribution in [3.8, 4) is 0 Å². The summed E-state index contributed by atoms with van der Waals surface area (Å²) in [6.45, 7) is 1.83. The summed E-state index contributed by atoms with van der Waals surface area (Å²) in [6.07, 6.45) is 2.29.